The first-order valence-corrected chi connectivity index (χ1v) is 11.1. The fraction of sp³-hybridized carbons (Fsp3) is 0.708. The molecule has 0 aliphatic rings. The number of phenols is 1. The molecule has 0 heterocycles. The highest BCUT2D eigenvalue weighted by Gasteiger charge is 2.14. The van der Waals surface area contributed by atoms with Gasteiger partial charge in [-0.05, 0) is 36.8 Å². The number of para-hydroxylation sites is 1. The molecule has 0 radical (unpaired) electrons. The molecule has 0 fully saturated rings. The van der Waals surface area contributed by atoms with Gasteiger partial charge in [0.15, 0.2) is 0 Å². The third-order valence-electron chi connectivity index (χ3n) is 5.48. The van der Waals surface area contributed by atoms with E-state index in [2.05, 4.69) is 13.0 Å². The average molecular weight is 377 g/mol. The lowest BCUT2D eigenvalue weighted by Gasteiger charge is -2.18. The lowest BCUT2D eigenvalue weighted by atomic mass is 9.87. The molecule has 1 aromatic rings. The second kappa shape index (κ2) is 15.5. The second-order valence-electron chi connectivity index (χ2n) is 7.87. The fourth-order valence-electron chi connectivity index (χ4n) is 3.83. The zero-order valence-corrected chi connectivity index (χ0v) is 17.3. The number of unbranched alkanes of at least 4 members (excludes halogenated alkanes) is 10. The van der Waals surface area contributed by atoms with Crippen LogP contribution in [0.15, 0.2) is 24.3 Å². The first-order valence-electron chi connectivity index (χ1n) is 11.1. The third-order valence-corrected chi connectivity index (χ3v) is 5.48. The molecule has 1 rings (SSSR count). The Hall–Kier alpha value is -1.51. The summed E-state index contributed by atoms with van der Waals surface area (Å²) in [7, 11) is 0. The van der Waals surface area contributed by atoms with Crippen LogP contribution in [0.3, 0.4) is 0 Å². The average Bonchev–Trinajstić information content (AvgIpc) is 2.65. The summed E-state index contributed by atoms with van der Waals surface area (Å²) in [4.78, 5) is 10.5. The van der Waals surface area contributed by atoms with Crippen molar-refractivity contribution in [2.45, 2.75) is 109 Å². The van der Waals surface area contributed by atoms with Gasteiger partial charge in [0.1, 0.15) is 5.75 Å². The number of aromatic hydroxyl groups is 1. The molecule has 27 heavy (non-hydrogen) atoms. The van der Waals surface area contributed by atoms with Gasteiger partial charge >= 0.3 is 5.97 Å². The highest BCUT2D eigenvalue weighted by Crippen LogP contribution is 2.33. The molecule has 0 bridgehead atoms. The number of hydrogen-bond donors (Lipinski definition) is 2. The van der Waals surface area contributed by atoms with Crippen molar-refractivity contribution in [3.8, 4) is 5.75 Å². The van der Waals surface area contributed by atoms with Gasteiger partial charge in [0.05, 0.1) is 0 Å². The minimum atomic E-state index is -0.681. The number of carbonyl (C=O) groups is 1. The number of carboxylic acids is 1. The summed E-state index contributed by atoms with van der Waals surface area (Å²) in [5, 5.41) is 18.9. The molecule has 3 heteroatoms. The van der Waals surface area contributed by atoms with Crippen LogP contribution in [0.25, 0.3) is 0 Å². The number of benzene rings is 1. The number of aliphatic carboxylic acids is 1. The largest absolute Gasteiger partial charge is 0.508 e. The van der Waals surface area contributed by atoms with Gasteiger partial charge in [-0.2, -0.15) is 0 Å². The Balaban J connectivity index is 2.26. The molecule has 0 spiro atoms. The van der Waals surface area contributed by atoms with E-state index in [1.54, 1.807) is 0 Å². The van der Waals surface area contributed by atoms with E-state index in [-0.39, 0.29) is 0 Å². The van der Waals surface area contributed by atoms with Gasteiger partial charge in [-0.15, -0.1) is 0 Å². The highest BCUT2D eigenvalue weighted by molar-refractivity contribution is 5.66. The van der Waals surface area contributed by atoms with Gasteiger partial charge < -0.3 is 10.2 Å². The maximum Gasteiger partial charge on any atom is 0.303 e. The van der Waals surface area contributed by atoms with E-state index in [1.165, 1.54) is 64.2 Å². The Labute approximate surface area is 166 Å². The van der Waals surface area contributed by atoms with Crippen molar-refractivity contribution in [2.75, 3.05) is 0 Å². The molecular weight excluding hydrogens is 336 g/mol. The monoisotopic (exact) mass is 376 g/mol. The van der Waals surface area contributed by atoms with Gasteiger partial charge in [-0.3, -0.25) is 4.79 Å². The summed E-state index contributed by atoms with van der Waals surface area (Å²) in [6, 6.07) is 7.85. The normalized spacial score (nSPS) is 12.2. The molecule has 0 amide bonds. The summed E-state index contributed by atoms with van der Waals surface area (Å²) >= 11 is 0. The van der Waals surface area contributed by atoms with Gasteiger partial charge in [-0.25, -0.2) is 0 Å². The Morgan fingerprint density at radius 1 is 0.815 bits per heavy atom. The van der Waals surface area contributed by atoms with Crippen LogP contribution >= 0.6 is 0 Å². The molecule has 0 saturated heterocycles. The summed E-state index contributed by atoms with van der Waals surface area (Å²) in [5.41, 5.74) is 1.13. The predicted molar refractivity (Wildman–Crippen MR) is 113 cm³/mol. The van der Waals surface area contributed by atoms with E-state index in [0.717, 1.165) is 31.2 Å². The molecule has 0 saturated carbocycles. The summed E-state index contributed by atoms with van der Waals surface area (Å²) in [6.45, 7) is 2.25. The van der Waals surface area contributed by atoms with Crippen molar-refractivity contribution in [3.63, 3.8) is 0 Å². The topological polar surface area (TPSA) is 57.5 Å². The standard InChI is InChI=1S/C24H40O3/c1-2-3-4-8-11-16-21(22-18-14-15-19-23(22)25)17-12-9-6-5-7-10-13-20-24(26)27/h14-15,18-19,21,25H,2-13,16-17,20H2,1H3,(H,26,27). The van der Waals surface area contributed by atoms with Gasteiger partial charge in [0.2, 0.25) is 0 Å². The molecular formula is C24H40O3. The van der Waals surface area contributed by atoms with E-state index in [4.69, 9.17) is 5.11 Å². The van der Waals surface area contributed by atoms with Crippen LogP contribution in [0.5, 0.6) is 5.75 Å². The van der Waals surface area contributed by atoms with Crippen molar-refractivity contribution in [1.82, 2.24) is 0 Å². The Morgan fingerprint density at radius 3 is 1.89 bits per heavy atom. The Bertz CT molecular complexity index is 498. The summed E-state index contributed by atoms with van der Waals surface area (Å²) in [6.07, 6.45) is 17.0. The van der Waals surface area contributed by atoms with E-state index < -0.39 is 5.97 Å². The number of hydrogen-bond acceptors (Lipinski definition) is 2. The summed E-state index contributed by atoms with van der Waals surface area (Å²) in [5.74, 6) is 0.248. The van der Waals surface area contributed by atoms with Crippen LogP contribution in [-0.2, 0) is 4.79 Å². The minimum Gasteiger partial charge on any atom is -0.508 e. The molecule has 154 valence electrons. The fourth-order valence-corrected chi connectivity index (χ4v) is 3.83. The van der Waals surface area contributed by atoms with Crippen LogP contribution in [0.1, 0.15) is 115 Å². The van der Waals surface area contributed by atoms with Crippen LogP contribution in [0, 0.1) is 0 Å². The first-order chi connectivity index (χ1) is 13.1. The van der Waals surface area contributed by atoms with Crippen LogP contribution in [0.4, 0.5) is 0 Å². The van der Waals surface area contributed by atoms with Crippen molar-refractivity contribution in [3.05, 3.63) is 29.8 Å². The van der Waals surface area contributed by atoms with Crippen molar-refractivity contribution in [1.29, 1.82) is 0 Å². The molecule has 0 aliphatic heterocycles. The Morgan fingerprint density at radius 2 is 1.33 bits per heavy atom. The maximum atomic E-state index is 10.5. The molecule has 1 aromatic carbocycles. The van der Waals surface area contributed by atoms with Crippen LogP contribution in [0.2, 0.25) is 0 Å². The SMILES string of the molecule is CCCCCCCC(CCCCCCCCCC(=O)O)c1ccccc1O. The van der Waals surface area contributed by atoms with Gasteiger partial charge in [0, 0.05) is 6.42 Å². The van der Waals surface area contributed by atoms with Crippen LogP contribution < -0.4 is 0 Å². The first kappa shape index (κ1) is 23.5. The number of carboxylic acid groups (broad SMARTS) is 1. The van der Waals surface area contributed by atoms with Gasteiger partial charge in [-0.1, -0.05) is 95.8 Å². The van der Waals surface area contributed by atoms with Crippen LogP contribution in [-0.4, -0.2) is 16.2 Å². The molecule has 2 N–H and O–H groups in total. The smallest absolute Gasteiger partial charge is 0.303 e. The van der Waals surface area contributed by atoms with E-state index in [9.17, 15) is 9.90 Å². The van der Waals surface area contributed by atoms with E-state index in [1.807, 2.05) is 18.2 Å². The third kappa shape index (κ3) is 11.7. The molecule has 1 unspecified atom stereocenters. The predicted octanol–water partition coefficient (Wildman–Crippen LogP) is 7.43. The Kier molecular flexibility index (Phi) is 13.5. The molecule has 0 aromatic heterocycles. The van der Waals surface area contributed by atoms with Crippen molar-refractivity contribution in [2.24, 2.45) is 0 Å². The zero-order chi connectivity index (χ0) is 19.7. The number of phenolic OH excluding ortho intramolecular Hbond substituents is 1. The lowest BCUT2D eigenvalue weighted by molar-refractivity contribution is -0.137. The molecule has 3 nitrogen and oxygen atoms in total. The van der Waals surface area contributed by atoms with E-state index >= 15 is 0 Å². The zero-order valence-electron chi connectivity index (χ0n) is 17.3. The van der Waals surface area contributed by atoms with Gasteiger partial charge in [0.25, 0.3) is 0 Å². The van der Waals surface area contributed by atoms with Crippen molar-refractivity contribution < 1.29 is 15.0 Å². The minimum absolute atomic E-state index is 0.306. The highest BCUT2D eigenvalue weighted by atomic mass is 16.4. The summed E-state index contributed by atoms with van der Waals surface area (Å²) < 4.78 is 0. The maximum absolute atomic E-state index is 10.5. The van der Waals surface area contributed by atoms with Crippen molar-refractivity contribution >= 4 is 5.97 Å². The second-order valence-corrected chi connectivity index (χ2v) is 7.87. The molecule has 1 atom stereocenters. The quantitative estimate of drug-likeness (QED) is 0.278. The lowest BCUT2D eigenvalue weighted by Crippen LogP contribution is -2.00. The molecule has 0 aliphatic carbocycles. The van der Waals surface area contributed by atoms with E-state index in [0.29, 0.717) is 18.1 Å². The number of rotatable bonds is 17.